The van der Waals surface area contributed by atoms with Crippen LogP contribution in [-0.2, 0) is 9.53 Å². The summed E-state index contributed by atoms with van der Waals surface area (Å²) in [5.41, 5.74) is 2.32. The number of hydrogen-bond donors (Lipinski definition) is 2. The average Bonchev–Trinajstić information content (AvgIpc) is 2.86. The number of carbonyl (C=O) groups excluding carboxylic acids is 2. The quantitative estimate of drug-likeness (QED) is 0.755. The molecule has 1 heterocycles. The first-order valence-electron chi connectivity index (χ1n) is 7.90. The number of halogens is 1. The van der Waals surface area contributed by atoms with Gasteiger partial charge in [0.05, 0.1) is 12.7 Å². The molecule has 0 saturated heterocycles. The number of rotatable bonds is 6. The van der Waals surface area contributed by atoms with Crippen LogP contribution in [-0.4, -0.2) is 25.5 Å². The van der Waals surface area contributed by atoms with E-state index in [1.54, 1.807) is 0 Å². The van der Waals surface area contributed by atoms with Gasteiger partial charge in [0.1, 0.15) is 11.0 Å². The Morgan fingerprint density at radius 1 is 1.36 bits per heavy atom. The van der Waals surface area contributed by atoms with Gasteiger partial charge in [-0.1, -0.05) is 23.7 Å². The van der Waals surface area contributed by atoms with Gasteiger partial charge < -0.3 is 15.4 Å². The molecule has 0 aliphatic carbocycles. The molecule has 7 heteroatoms. The Balaban J connectivity index is 2.01. The lowest BCUT2D eigenvalue weighted by Gasteiger charge is -2.11. The molecular weight excluding hydrogens is 360 g/mol. The van der Waals surface area contributed by atoms with Gasteiger partial charge in [0.2, 0.25) is 0 Å². The van der Waals surface area contributed by atoms with E-state index >= 15 is 0 Å². The van der Waals surface area contributed by atoms with Gasteiger partial charge in [0, 0.05) is 15.5 Å². The summed E-state index contributed by atoms with van der Waals surface area (Å²) >= 11 is 7.38. The zero-order chi connectivity index (χ0) is 18.6. The van der Waals surface area contributed by atoms with Crippen molar-refractivity contribution in [3.05, 3.63) is 50.9 Å². The Morgan fingerprint density at radius 2 is 2.08 bits per heavy atom. The third-order valence-corrected chi connectivity index (χ3v) is 5.42. The van der Waals surface area contributed by atoms with Crippen LogP contribution in [0.3, 0.4) is 0 Å². The summed E-state index contributed by atoms with van der Waals surface area (Å²) in [7, 11) is 1.33. The largest absolute Gasteiger partial charge is 0.465 e. The standard InChI is InChI=1S/C18H21ClN2O3S/c1-10-12(3)25-17(16(10)18(23)24-4)21-15(22)9-20-11(2)13-6-5-7-14(19)8-13/h5-8,11,20H,9H2,1-4H3,(H,21,22)/p+1/t11-/m1/s1. The lowest BCUT2D eigenvalue weighted by molar-refractivity contribution is -0.682. The van der Waals surface area contributed by atoms with Crippen molar-refractivity contribution in [2.75, 3.05) is 19.0 Å². The molecule has 0 aliphatic heterocycles. The number of quaternary nitrogens is 1. The monoisotopic (exact) mass is 381 g/mol. The Labute approximate surface area is 156 Å². The topological polar surface area (TPSA) is 72.0 Å². The number of aryl methyl sites for hydroxylation is 1. The molecule has 134 valence electrons. The van der Waals surface area contributed by atoms with Gasteiger partial charge in [-0.15, -0.1) is 11.3 Å². The van der Waals surface area contributed by atoms with E-state index in [1.165, 1.54) is 18.4 Å². The average molecular weight is 382 g/mol. The predicted molar refractivity (Wildman–Crippen MR) is 100 cm³/mol. The normalized spacial score (nSPS) is 11.9. The first kappa shape index (κ1) is 19.4. The van der Waals surface area contributed by atoms with Crippen LogP contribution in [0, 0.1) is 13.8 Å². The lowest BCUT2D eigenvalue weighted by atomic mass is 10.1. The molecule has 2 rings (SSSR count). The van der Waals surface area contributed by atoms with Gasteiger partial charge in [-0.3, -0.25) is 4.79 Å². The fraction of sp³-hybridized carbons (Fsp3) is 0.333. The highest BCUT2D eigenvalue weighted by molar-refractivity contribution is 7.16. The molecule has 2 aromatic rings. The van der Waals surface area contributed by atoms with Crippen molar-refractivity contribution < 1.29 is 19.6 Å². The first-order valence-corrected chi connectivity index (χ1v) is 9.09. The molecule has 0 fully saturated rings. The van der Waals surface area contributed by atoms with E-state index in [-0.39, 0.29) is 18.5 Å². The van der Waals surface area contributed by atoms with Crippen LogP contribution < -0.4 is 10.6 Å². The lowest BCUT2D eigenvalue weighted by Crippen LogP contribution is -2.86. The smallest absolute Gasteiger partial charge is 0.341 e. The highest BCUT2D eigenvalue weighted by Crippen LogP contribution is 2.32. The molecule has 0 bridgehead atoms. The molecule has 1 amide bonds. The van der Waals surface area contributed by atoms with Crippen molar-refractivity contribution in [1.82, 2.24) is 0 Å². The third-order valence-electron chi connectivity index (χ3n) is 4.06. The van der Waals surface area contributed by atoms with Gasteiger partial charge in [-0.05, 0) is 38.5 Å². The second-order valence-electron chi connectivity index (χ2n) is 5.81. The maximum atomic E-state index is 12.3. The second kappa shape index (κ2) is 8.47. The first-order chi connectivity index (χ1) is 11.8. The molecule has 1 atom stereocenters. The van der Waals surface area contributed by atoms with Gasteiger partial charge in [0.15, 0.2) is 6.54 Å². The predicted octanol–water partition coefficient (Wildman–Crippen LogP) is 3.07. The van der Waals surface area contributed by atoms with Crippen LogP contribution in [0.1, 0.15) is 39.3 Å². The van der Waals surface area contributed by atoms with Gasteiger partial charge in [-0.25, -0.2) is 4.79 Å². The number of anilines is 1. The number of thiophene rings is 1. The van der Waals surface area contributed by atoms with E-state index in [1.807, 2.05) is 50.4 Å². The zero-order valence-electron chi connectivity index (χ0n) is 14.7. The summed E-state index contributed by atoms with van der Waals surface area (Å²) in [5.74, 6) is -0.603. The summed E-state index contributed by atoms with van der Waals surface area (Å²) in [6, 6.07) is 7.67. The number of nitrogens with two attached hydrogens (primary N) is 1. The van der Waals surface area contributed by atoms with Crippen molar-refractivity contribution in [1.29, 1.82) is 0 Å². The SMILES string of the molecule is COC(=O)c1c(NC(=O)C[NH2+][C@H](C)c2cccc(Cl)c2)sc(C)c1C. The highest BCUT2D eigenvalue weighted by Gasteiger charge is 2.22. The fourth-order valence-electron chi connectivity index (χ4n) is 2.45. The maximum absolute atomic E-state index is 12.3. The summed E-state index contributed by atoms with van der Waals surface area (Å²) in [6.07, 6.45) is 0. The molecular formula is C18H22ClN2O3S+. The summed E-state index contributed by atoms with van der Waals surface area (Å²) in [6.45, 7) is 6.01. The number of benzene rings is 1. The van der Waals surface area contributed by atoms with Crippen LogP contribution in [0.5, 0.6) is 0 Å². The van der Waals surface area contributed by atoms with Crippen molar-refractivity contribution in [3.63, 3.8) is 0 Å². The van der Waals surface area contributed by atoms with Gasteiger partial charge in [-0.2, -0.15) is 0 Å². The minimum Gasteiger partial charge on any atom is -0.465 e. The molecule has 5 nitrogen and oxygen atoms in total. The minimum absolute atomic E-state index is 0.0938. The van der Waals surface area contributed by atoms with E-state index in [4.69, 9.17) is 16.3 Å². The van der Waals surface area contributed by atoms with E-state index < -0.39 is 5.97 Å². The molecule has 0 radical (unpaired) electrons. The Hall–Kier alpha value is -1.89. The number of nitrogens with one attached hydrogen (secondary N) is 1. The van der Waals surface area contributed by atoms with Crippen molar-refractivity contribution in [2.45, 2.75) is 26.8 Å². The molecule has 25 heavy (non-hydrogen) atoms. The molecule has 1 aromatic carbocycles. The van der Waals surface area contributed by atoms with Crippen LogP contribution in [0.2, 0.25) is 5.02 Å². The summed E-state index contributed by atoms with van der Waals surface area (Å²) in [5, 5.41) is 5.96. The fourth-order valence-corrected chi connectivity index (χ4v) is 3.71. The van der Waals surface area contributed by atoms with Crippen LogP contribution in [0.25, 0.3) is 0 Å². The number of hydrogen-bond acceptors (Lipinski definition) is 4. The van der Waals surface area contributed by atoms with Gasteiger partial charge >= 0.3 is 5.97 Å². The third kappa shape index (κ3) is 4.81. The Bertz CT molecular complexity index is 789. The van der Waals surface area contributed by atoms with Gasteiger partial charge in [0.25, 0.3) is 5.91 Å². The number of esters is 1. The molecule has 0 spiro atoms. The summed E-state index contributed by atoms with van der Waals surface area (Å²) in [4.78, 5) is 25.2. The van der Waals surface area contributed by atoms with Crippen LogP contribution in [0.15, 0.2) is 24.3 Å². The number of methoxy groups -OCH3 is 1. The van der Waals surface area contributed by atoms with E-state index in [0.717, 1.165) is 16.0 Å². The van der Waals surface area contributed by atoms with Crippen LogP contribution >= 0.6 is 22.9 Å². The highest BCUT2D eigenvalue weighted by atomic mass is 35.5. The second-order valence-corrected chi connectivity index (χ2v) is 7.47. The number of ether oxygens (including phenoxy) is 1. The molecule has 1 aromatic heterocycles. The number of carbonyl (C=O) groups is 2. The molecule has 0 saturated carbocycles. The Kier molecular flexibility index (Phi) is 6.58. The molecule has 0 unspecified atom stereocenters. The number of amides is 1. The summed E-state index contributed by atoms with van der Waals surface area (Å²) < 4.78 is 4.82. The van der Waals surface area contributed by atoms with E-state index in [9.17, 15) is 9.59 Å². The van der Waals surface area contributed by atoms with Crippen molar-refractivity contribution >= 4 is 39.8 Å². The Morgan fingerprint density at radius 3 is 2.72 bits per heavy atom. The molecule has 0 aliphatic rings. The van der Waals surface area contributed by atoms with Crippen LogP contribution in [0.4, 0.5) is 5.00 Å². The van der Waals surface area contributed by atoms with Crippen molar-refractivity contribution in [3.8, 4) is 0 Å². The molecule has 3 N–H and O–H groups in total. The zero-order valence-corrected chi connectivity index (χ0v) is 16.3. The maximum Gasteiger partial charge on any atom is 0.341 e. The van der Waals surface area contributed by atoms with Crippen molar-refractivity contribution in [2.24, 2.45) is 0 Å². The van der Waals surface area contributed by atoms with E-state index in [0.29, 0.717) is 15.6 Å². The minimum atomic E-state index is -0.437. The van der Waals surface area contributed by atoms with E-state index in [2.05, 4.69) is 5.32 Å².